The summed E-state index contributed by atoms with van der Waals surface area (Å²) in [5, 5.41) is 7.55. The van der Waals surface area contributed by atoms with Gasteiger partial charge in [0.2, 0.25) is 0 Å². The standard InChI is InChI=1S/C14H13BrN4S/c1-8-17-11(7-20-8)13-12(14(16)19(2)18-13)9-4-3-5-10(15)6-9/h3-7H,16H2,1-2H3. The highest BCUT2D eigenvalue weighted by Crippen LogP contribution is 2.36. The van der Waals surface area contributed by atoms with Gasteiger partial charge in [0, 0.05) is 16.9 Å². The van der Waals surface area contributed by atoms with Crippen LogP contribution in [0.4, 0.5) is 5.82 Å². The van der Waals surface area contributed by atoms with Gasteiger partial charge < -0.3 is 5.73 Å². The summed E-state index contributed by atoms with van der Waals surface area (Å²) in [7, 11) is 1.85. The first-order valence-corrected chi connectivity index (χ1v) is 7.74. The minimum atomic E-state index is 0.642. The molecule has 0 radical (unpaired) electrons. The molecule has 0 aliphatic carbocycles. The van der Waals surface area contributed by atoms with Crippen LogP contribution >= 0.6 is 27.3 Å². The molecular formula is C14H13BrN4S. The van der Waals surface area contributed by atoms with Crippen molar-refractivity contribution in [3.63, 3.8) is 0 Å². The van der Waals surface area contributed by atoms with Crippen LogP contribution in [-0.2, 0) is 7.05 Å². The van der Waals surface area contributed by atoms with Crippen molar-refractivity contribution in [1.82, 2.24) is 14.8 Å². The van der Waals surface area contributed by atoms with Crippen LogP contribution in [0.1, 0.15) is 5.01 Å². The Labute approximate surface area is 129 Å². The van der Waals surface area contributed by atoms with Gasteiger partial charge in [0.05, 0.1) is 10.6 Å². The number of anilines is 1. The molecular weight excluding hydrogens is 336 g/mol. The number of rotatable bonds is 2. The maximum atomic E-state index is 6.19. The molecule has 0 aliphatic rings. The molecule has 0 bridgehead atoms. The Morgan fingerprint density at radius 1 is 1.35 bits per heavy atom. The lowest BCUT2D eigenvalue weighted by Gasteiger charge is -2.03. The smallest absolute Gasteiger partial charge is 0.129 e. The van der Waals surface area contributed by atoms with Crippen molar-refractivity contribution in [3.05, 3.63) is 39.1 Å². The molecule has 3 aromatic rings. The van der Waals surface area contributed by atoms with E-state index in [4.69, 9.17) is 5.73 Å². The Morgan fingerprint density at radius 2 is 2.15 bits per heavy atom. The van der Waals surface area contributed by atoms with Crippen molar-refractivity contribution in [2.45, 2.75) is 6.92 Å². The summed E-state index contributed by atoms with van der Waals surface area (Å²) in [5.74, 6) is 0.642. The summed E-state index contributed by atoms with van der Waals surface area (Å²) < 4.78 is 2.71. The van der Waals surface area contributed by atoms with E-state index in [2.05, 4.69) is 26.0 Å². The predicted molar refractivity (Wildman–Crippen MR) is 86.6 cm³/mol. The molecule has 2 N–H and O–H groups in total. The number of nitrogens with two attached hydrogens (primary N) is 1. The van der Waals surface area contributed by atoms with Gasteiger partial charge in [0.1, 0.15) is 17.2 Å². The molecule has 1 aromatic carbocycles. The highest BCUT2D eigenvalue weighted by Gasteiger charge is 2.19. The van der Waals surface area contributed by atoms with Crippen LogP contribution < -0.4 is 5.73 Å². The molecule has 20 heavy (non-hydrogen) atoms. The number of hydrogen-bond donors (Lipinski definition) is 1. The van der Waals surface area contributed by atoms with Gasteiger partial charge in [-0.3, -0.25) is 4.68 Å². The quantitative estimate of drug-likeness (QED) is 0.764. The van der Waals surface area contributed by atoms with E-state index in [0.717, 1.165) is 32.0 Å². The molecule has 0 saturated carbocycles. The van der Waals surface area contributed by atoms with Crippen LogP contribution in [0, 0.1) is 6.92 Å². The van der Waals surface area contributed by atoms with Crippen LogP contribution in [0.2, 0.25) is 0 Å². The Bertz CT molecular complexity index is 775. The van der Waals surface area contributed by atoms with Gasteiger partial charge in [-0.25, -0.2) is 4.98 Å². The minimum Gasteiger partial charge on any atom is -0.383 e. The average molecular weight is 349 g/mol. The topological polar surface area (TPSA) is 56.7 Å². The molecule has 0 spiro atoms. The summed E-state index contributed by atoms with van der Waals surface area (Å²) in [6.45, 7) is 1.99. The van der Waals surface area contributed by atoms with Gasteiger partial charge in [-0.15, -0.1) is 11.3 Å². The second kappa shape index (κ2) is 5.03. The normalized spacial score (nSPS) is 10.9. The molecule has 0 aliphatic heterocycles. The van der Waals surface area contributed by atoms with Crippen molar-refractivity contribution < 1.29 is 0 Å². The first-order valence-electron chi connectivity index (χ1n) is 6.07. The second-order valence-electron chi connectivity index (χ2n) is 4.49. The van der Waals surface area contributed by atoms with E-state index in [1.165, 1.54) is 0 Å². The summed E-state index contributed by atoms with van der Waals surface area (Å²) in [4.78, 5) is 4.52. The molecule has 2 heterocycles. The molecule has 4 nitrogen and oxygen atoms in total. The van der Waals surface area contributed by atoms with Gasteiger partial charge in [-0.1, -0.05) is 28.1 Å². The van der Waals surface area contributed by atoms with Crippen molar-refractivity contribution in [2.75, 3.05) is 5.73 Å². The second-order valence-corrected chi connectivity index (χ2v) is 6.47. The number of nitrogens with zero attached hydrogens (tertiary/aromatic N) is 3. The van der Waals surface area contributed by atoms with E-state index >= 15 is 0 Å². The average Bonchev–Trinajstić information content (AvgIpc) is 2.95. The Kier molecular flexibility index (Phi) is 3.35. The highest BCUT2D eigenvalue weighted by molar-refractivity contribution is 9.10. The Morgan fingerprint density at radius 3 is 2.80 bits per heavy atom. The number of nitrogen functional groups attached to an aromatic ring is 1. The van der Waals surface area contributed by atoms with Gasteiger partial charge in [-0.05, 0) is 24.6 Å². The number of thiazole rings is 1. The van der Waals surface area contributed by atoms with E-state index in [0.29, 0.717) is 5.82 Å². The van der Waals surface area contributed by atoms with E-state index < -0.39 is 0 Å². The molecule has 0 amide bonds. The fourth-order valence-corrected chi connectivity index (χ4v) is 3.11. The van der Waals surface area contributed by atoms with E-state index in [9.17, 15) is 0 Å². The van der Waals surface area contributed by atoms with Crippen LogP contribution in [0.15, 0.2) is 34.1 Å². The van der Waals surface area contributed by atoms with Gasteiger partial charge in [0.15, 0.2) is 0 Å². The largest absolute Gasteiger partial charge is 0.383 e. The SMILES string of the molecule is Cc1nc(-c2nn(C)c(N)c2-c2cccc(Br)c2)cs1. The third kappa shape index (κ3) is 2.25. The third-order valence-corrected chi connectivity index (χ3v) is 4.33. The Balaban J connectivity index is 2.24. The lowest BCUT2D eigenvalue weighted by molar-refractivity contribution is 0.781. The van der Waals surface area contributed by atoms with Crippen LogP contribution in [0.25, 0.3) is 22.5 Å². The maximum absolute atomic E-state index is 6.19. The fraction of sp³-hybridized carbons (Fsp3) is 0.143. The zero-order valence-electron chi connectivity index (χ0n) is 11.1. The first-order chi connectivity index (χ1) is 9.56. The fourth-order valence-electron chi connectivity index (χ4n) is 2.12. The van der Waals surface area contributed by atoms with Crippen molar-refractivity contribution in [1.29, 1.82) is 0 Å². The molecule has 0 unspecified atom stereocenters. The van der Waals surface area contributed by atoms with E-state index in [1.807, 2.05) is 43.6 Å². The summed E-state index contributed by atoms with van der Waals surface area (Å²) in [6.07, 6.45) is 0. The molecule has 0 fully saturated rings. The number of aryl methyl sites for hydroxylation is 2. The van der Waals surface area contributed by atoms with Crippen LogP contribution in [0.5, 0.6) is 0 Å². The zero-order valence-corrected chi connectivity index (χ0v) is 13.5. The van der Waals surface area contributed by atoms with E-state index in [-0.39, 0.29) is 0 Å². The summed E-state index contributed by atoms with van der Waals surface area (Å²) >= 11 is 5.11. The molecule has 102 valence electrons. The number of benzene rings is 1. The number of halogens is 1. The first kappa shape index (κ1) is 13.3. The summed E-state index contributed by atoms with van der Waals surface area (Å²) in [5.41, 5.74) is 9.85. The van der Waals surface area contributed by atoms with Crippen LogP contribution in [0.3, 0.4) is 0 Å². The van der Waals surface area contributed by atoms with Crippen LogP contribution in [-0.4, -0.2) is 14.8 Å². The Hall–Kier alpha value is -1.66. The molecule has 6 heteroatoms. The minimum absolute atomic E-state index is 0.642. The van der Waals surface area contributed by atoms with Crippen molar-refractivity contribution in [2.24, 2.45) is 7.05 Å². The van der Waals surface area contributed by atoms with Crippen molar-refractivity contribution in [3.8, 4) is 22.5 Å². The zero-order chi connectivity index (χ0) is 14.3. The molecule has 0 saturated heterocycles. The van der Waals surface area contributed by atoms with Gasteiger partial charge in [-0.2, -0.15) is 5.10 Å². The van der Waals surface area contributed by atoms with Gasteiger partial charge >= 0.3 is 0 Å². The van der Waals surface area contributed by atoms with Crippen molar-refractivity contribution >= 4 is 33.1 Å². The molecule has 0 atom stereocenters. The highest BCUT2D eigenvalue weighted by atomic mass is 79.9. The lowest BCUT2D eigenvalue weighted by Crippen LogP contribution is -1.97. The monoisotopic (exact) mass is 348 g/mol. The summed E-state index contributed by atoms with van der Waals surface area (Å²) in [6, 6.07) is 8.04. The predicted octanol–water partition coefficient (Wildman–Crippen LogP) is 3.86. The number of aromatic nitrogens is 3. The lowest BCUT2D eigenvalue weighted by atomic mass is 10.0. The van der Waals surface area contributed by atoms with E-state index in [1.54, 1.807) is 16.0 Å². The number of hydrogen-bond acceptors (Lipinski definition) is 4. The third-order valence-electron chi connectivity index (χ3n) is 3.07. The maximum Gasteiger partial charge on any atom is 0.129 e. The van der Waals surface area contributed by atoms with Gasteiger partial charge in [0.25, 0.3) is 0 Å². The molecule has 2 aromatic heterocycles. The molecule has 3 rings (SSSR count).